The average Bonchev–Trinajstić information content (AvgIpc) is 3.54. The molecular formula is C31H28N2O2PtS2+4. The van der Waals surface area contributed by atoms with Crippen molar-refractivity contribution in [2.75, 3.05) is 0 Å². The summed E-state index contributed by atoms with van der Waals surface area (Å²) in [6.45, 7) is 3.10. The van der Waals surface area contributed by atoms with Gasteiger partial charge in [0.2, 0.25) is 0 Å². The van der Waals surface area contributed by atoms with E-state index in [1.807, 2.05) is 48.8 Å². The van der Waals surface area contributed by atoms with Crippen LogP contribution in [0.4, 0.5) is 0 Å². The molecule has 6 rings (SSSR count). The van der Waals surface area contributed by atoms with E-state index < -0.39 is 6.10 Å². The van der Waals surface area contributed by atoms with Crippen molar-refractivity contribution in [3.63, 3.8) is 0 Å². The van der Waals surface area contributed by atoms with Crippen molar-refractivity contribution in [1.82, 2.24) is 9.97 Å². The number of allylic oxidation sites excluding steroid dienone is 1. The smallest absolute Gasteiger partial charge is 0.513 e. The summed E-state index contributed by atoms with van der Waals surface area (Å²) in [5.41, 5.74) is 2.11. The molecular weight excluding hydrogens is 692 g/mol. The summed E-state index contributed by atoms with van der Waals surface area (Å²) in [4.78, 5) is 11.2. The molecule has 192 valence electrons. The first kappa shape index (κ1) is 29.4. The minimum atomic E-state index is -0.537. The number of aliphatic hydroxyl groups excluding tert-OH is 2. The third kappa shape index (κ3) is 8.44. The molecule has 0 fully saturated rings. The van der Waals surface area contributed by atoms with Gasteiger partial charge in [0.05, 0.1) is 33.0 Å². The summed E-state index contributed by atoms with van der Waals surface area (Å²) < 4.78 is 2.64. The first-order valence-electron chi connectivity index (χ1n) is 11.8. The molecule has 0 spiro atoms. The van der Waals surface area contributed by atoms with Crippen LogP contribution >= 0.6 is 22.7 Å². The Hall–Kier alpha value is -3.15. The molecule has 2 aromatic carbocycles. The van der Waals surface area contributed by atoms with Crippen LogP contribution < -0.4 is 0 Å². The Bertz CT molecular complexity index is 1400. The second-order valence-corrected chi connectivity index (χ2v) is 10.4. The molecule has 6 aromatic rings. The Labute approximate surface area is 245 Å². The van der Waals surface area contributed by atoms with Crippen molar-refractivity contribution in [1.29, 1.82) is 0 Å². The maximum atomic E-state index is 8.49. The fourth-order valence-electron chi connectivity index (χ4n) is 3.58. The molecule has 2 N–H and O–H groups in total. The maximum absolute atomic E-state index is 8.49. The molecule has 0 saturated carbocycles. The number of pyridine rings is 2. The Morgan fingerprint density at radius 1 is 0.711 bits per heavy atom. The Morgan fingerprint density at radius 3 is 1.45 bits per heavy atom. The van der Waals surface area contributed by atoms with Gasteiger partial charge in [-0.3, -0.25) is 9.97 Å². The molecule has 1 atom stereocenters. The van der Waals surface area contributed by atoms with Crippen LogP contribution in [0, 0.1) is 0 Å². The van der Waals surface area contributed by atoms with Gasteiger partial charge in [-0.05, 0) is 79.2 Å². The summed E-state index contributed by atoms with van der Waals surface area (Å²) in [5, 5.41) is 19.5. The van der Waals surface area contributed by atoms with Gasteiger partial charge in [0.1, 0.15) is 0 Å². The minimum absolute atomic E-state index is 0. The SMILES string of the molecule is C/C(O)=C/C(C)O.[Pt+4].c1ccc(-c2cc3ccccc3s2)nc1.c1ccc(-c2cc3ccccc3s2)nc1. The molecule has 4 nitrogen and oxygen atoms in total. The zero-order valence-corrected chi connectivity index (χ0v) is 24.9. The van der Waals surface area contributed by atoms with Crippen LogP contribution in [0.15, 0.2) is 121 Å². The molecule has 0 aliphatic carbocycles. The molecule has 0 bridgehead atoms. The van der Waals surface area contributed by atoms with E-state index in [9.17, 15) is 0 Å². The number of hydrogen-bond acceptors (Lipinski definition) is 6. The van der Waals surface area contributed by atoms with Gasteiger partial charge in [-0.15, -0.1) is 22.7 Å². The summed E-state index contributed by atoms with van der Waals surface area (Å²) in [5.74, 6) is 0.162. The zero-order chi connectivity index (χ0) is 26.0. The van der Waals surface area contributed by atoms with Gasteiger partial charge in [0.15, 0.2) is 0 Å². The third-order valence-electron chi connectivity index (χ3n) is 5.17. The van der Waals surface area contributed by atoms with Crippen molar-refractivity contribution < 1.29 is 31.3 Å². The number of aromatic nitrogens is 2. The van der Waals surface area contributed by atoms with Crippen LogP contribution in [0.1, 0.15) is 13.8 Å². The predicted molar refractivity (Wildman–Crippen MR) is 158 cm³/mol. The fraction of sp³-hybridized carbons (Fsp3) is 0.0968. The third-order valence-corrected chi connectivity index (χ3v) is 7.45. The Balaban J connectivity index is 0.000000167. The normalized spacial score (nSPS) is 11.5. The molecule has 38 heavy (non-hydrogen) atoms. The monoisotopic (exact) mass is 719 g/mol. The number of benzene rings is 2. The number of fused-ring (bicyclic) bond motifs is 2. The summed E-state index contributed by atoms with van der Waals surface area (Å²) in [7, 11) is 0. The van der Waals surface area contributed by atoms with Crippen LogP contribution in [0.25, 0.3) is 41.3 Å². The van der Waals surface area contributed by atoms with Crippen LogP contribution in [0.5, 0.6) is 0 Å². The first-order chi connectivity index (χ1) is 18.0. The zero-order valence-electron chi connectivity index (χ0n) is 21.0. The number of aliphatic hydroxyl groups is 2. The van der Waals surface area contributed by atoms with Crippen molar-refractivity contribution in [3.05, 3.63) is 121 Å². The maximum Gasteiger partial charge on any atom is 4.00 e. The molecule has 0 amide bonds. The molecule has 4 aromatic heterocycles. The Morgan fingerprint density at radius 2 is 1.13 bits per heavy atom. The molecule has 4 heterocycles. The van der Waals surface area contributed by atoms with Gasteiger partial charge in [-0.25, -0.2) is 0 Å². The van der Waals surface area contributed by atoms with E-state index >= 15 is 0 Å². The van der Waals surface area contributed by atoms with Gasteiger partial charge in [0.25, 0.3) is 0 Å². The Kier molecular flexibility index (Phi) is 11.4. The van der Waals surface area contributed by atoms with E-state index in [2.05, 4.69) is 70.6 Å². The van der Waals surface area contributed by atoms with E-state index in [1.54, 1.807) is 29.6 Å². The number of rotatable bonds is 3. The van der Waals surface area contributed by atoms with E-state index in [-0.39, 0.29) is 26.8 Å². The molecule has 0 aliphatic rings. The standard InChI is InChI=1S/2C13H9NS.C5H10O2.Pt/c2*1-2-7-12-10(5-1)9-13(15-12)11-6-3-4-8-14-11;1-4(6)3-5(2)7;/h2*1-9H;3-4,6-7H,1-2H3;/q;;;+4/b;;5-3-;. The molecule has 0 aliphatic heterocycles. The van der Waals surface area contributed by atoms with Crippen molar-refractivity contribution in [3.8, 4) is 21.1 Å². The molecule has 7 heteroatoms. The summed E-state index contributed by atoms with van der Waals surface area (Å²) in [6, 6.07) is 33.2. The van der Waals surface area contributed by atoms with Crippen molar-refractivity contribution >= 4 is 42.8 Å². The second-order valence-electron chi connectivity index (χ2n) is 8.28. The average molecular weight is 720 g/mol. The van der Waals surface area contributed by atoms with Crippen molar-refractivity contribution in [2.45, 2.75) is 20.0 Å². The van der Waals surface area contributed by atoms with Gasteiger partial charge >= 0.3 is 21.1 Å². The van der Waals surface area contributed by atoms with Crippen LogP contribution in [-0.4, -0.2) is 26.3 Å². The van der Waals surface area contributed by atoms with Crippen molar-refractivity contribution in [2.24, 2.45) is 0 Å². The molecule has 1 unspecified atom stereocenters. The van der Waals surface area contributed by atoms with E-state index in [1.165, 1.54) is 42.9 Å². The summed E-state index contributed by atoms with van der Waals surface area (Å²) in [6.07, 6.45) is 4.49. The number of hydrogen-bond donors (Lipinski definition) is 2. The number of nitrogens with zero attached hydrogens (tertiary/aromatic N) is 2. The quantitative estimate of drug-likeness (QED) is 0.180. The van der Waals surface area contributed by atoms with Gasteiger partial charge in [-0.2, -0.15) is 0 Å². The molecule has 0 radical (unpaired) electrons. The fourth-order valence-corrected chi connectivity index (χ4v) is 5.66. The largest absolute Gasteiger partial charge is 4.00 e. The number of thiophene rings is 2. The minimum Gasteiger partial charge on any atom is -0.513 e. The van der Waals surface area contributed by atoms with Crippen LogP contribution in [-0.2, 0) is 21.1 Å². The van der Waals surface area contributed by atoms with Gasteiger partial charge in [0, 0.05) is 21.8 Å². The molecule has 0 saturated heterocycles. The van der Waals surface area contributed by atoms with Crippen LogP contribution in [0.2, 0.25) is 0 Å². The summed E-state index contributed by atoms with van der Waals surface area (Å²) >= 11 is 3.58. The van der Waals surface area contributed by atoms with Gasteiger partial charge in [-0.1, -0.05) is 48.5 Å². The first-order valence-corrected chi connectivity index (χ1v) is 13.5. The van der Waals surface area contributed by atoms with Gasteiger partial charge < -0.3 is 10.2 Å². The van der Waals surface area contributed by atoms with Crippen LogP contribution in [0.3, 0.4) is 0 Å². The van der Waals surface area contributed by atoms with E-state index in [0.29, 0.717) is 0 Å². The second kappa shape index (κ2) is 14.7. The van der Waals surface area contributed by atoms with E-state index in [4.69, 9.17) is 10.2 Å². The predicted octanol–water partition coefficient (Wildman–Crippen LogP) is 8.75. The topological polar surface area (TPSA) is 66.2 Å². The van der Waals surface area contributed by atoms with E-state index in [0.717, 1.165) is 11.4 Å².